The third-order valence-corrected chi connectivity index (χ3v) is 6.22. The van der Waals surface area contributed by atoms with Gasteiger partial charge in [-0.15, -0.1) is 24.8 Å². The number of fused-ring (bicyclic) bond motifs is 2. The standard InChI is InChI=1S/C26H27N3O.2ClH/c30-26-20-22-9-2-4-12-24(22)29(26)15-6-5-14-27-16-18-28(19-17-27)25-13-7-10-21-8-1-3-11-23(21)25;;/h1-13H,14-20H2;2*1H/b6-5+;;. The number of para-hydroxylation sites is 1. The summed E-state index contributed by atoms with van der Waals surface area (Å²) in [7, 11) is 0. The zero-order valence-corrected chi connectivity index (χ0v) is 19.7. The van der Waals surface area contributed by atoms with Crippen LogP contribution in [-0.2, 0) is 11.2 Å². The molecule has 168 valence electrons. The number of benzene rings is 3. The van der Waals surface area contributed by atoms with E-state index in [0.29, 0.717) is 13.0 Å². The number of amides is 1. The van der Waals surface area contributed by atoms with Crippen molar-refractivity contribution in [3.8, 4) is 0 Å². The molecule has 2 aliphatic rings. The van der Waals surface area contributed by atoms with Crippen molar-refractivity contribution < 1.29 is 4.79 Å². The van der Waals surface area contributed by atoms with Gasteiger partial charge >= 0.3 is 0 Å². The van der Waals surface area contributed by atoms with Crippen LogP contribution in [0.4, 0.5) is 11.4 Å². The molecular weight excluding hydrogens is 441 g/mol. The normalized spacial score (nSPS) is 16.2. The van der Waals surface area contributed by atoms with Gasteiger partial charge in [0.25, 0.3) is 0 Å². The first kappa shape index (κ1) is 24.1. The number of anilines is 2. The van der Waals surface area contributed by atoms with Gasteiger partial charge < -0.3 is 9.80 Å². The molecule has 4 nitrogen and oxygen atoms in total. The van der Waals surface area contributed by atoms with Gasteiger partial charge in [-0.25, -0.2) is 0 Å². The topological polar surface area (TPSA) is 26.8 Å². The maximum Gasteiger partial charge on any atom is 0.231 e. The Kier molecular flexibility index (Phi) is 8.19. The van der Waals surface area contributed by atoms with Crippen LogP contribution >= 0.6 is 24.8 Å². The van der Waals surface area contributed by atoms with Gasteiger partial charge in [-0.3, -0.25) is 9.69 Å². The Bertz CT molecular complexity index is 1090. The lowest BCUT2D eigenvalue weighted by Gasteiger charge is -2.36. The van der Waals surface area contributed by atoms with Crippen LogP contribution in [-0.4, -0.2) is 50.1 Å². The monoisotopic (exact) mass is 469 g/mol. The van der Waals surface area contributed by atoms with Crippen molar-refractivity contribution in [2.75, 3.05) is 49.1 Å². The van der Waals surface area contributed by atoms with Gasteiger partial charge in [-0.1, -0.05) is 66.7 Å². The second-order valence-electron chi connectivity index (χ2n) is 8.07. The lowest BCUT2D eigenvalue weighted by molar-refractivity contribution is -0.117. The number of nitrogens with zero attached hydrogens (tertiary/aromatic N) is 3. The SMILES string of the molecule is Cl.Cl.O=C1Cc2ccccc2N1C/C=C/CN1CCN(c2cccc3ccccc23)CC1. The summed E-state index contributed by atoms with van der Waals surface area (Å²) in [6.07, 6.45) is 4.87. The molecule has 6 heteroatoms. The molecule has 5 rings (SSSR count). The van der Waals surface area contributed by atoms with Gasteiger partial charge in [-0.2, -0.15) is 0 Å². The van der Waals surface area contributed by atoms with Crippen LogP contribution in [0.5, 0.6) is 0 Å². The van der Waals surface area contributed by atoms with Crippen molar-refractivity contribution in [1.82, 2.24) is 4.90 Å². The van der Waals surface area contributed by atoms with E-state index in [4.69, 9.17) is 0 Å². The van der Waals surface area contributed by atoms with Crippen molar-refractivity contribution in [2.45, 2.75) is 6.42 Å². The summed E-state index contributed by atoms with van der Waals surface area (Å²) in [6.45, 7) is 5.79. The molecule has 3 aromatic rings. The predicted octanol–water partition coefficient (Wildman–Crippen LogP) is 4.95. The number of carbonyl (C=O) groups excluding carboxylic acids is 1. The van der Waals surface area contributed by atoms with Gasteiger partial charge in [0.2, 0.25) is 5.91 Å². The third kappa shape index (κ3) is 4.93. The summed E-state index contributed by atoms with van der Waals surface area (Å²) >= 11 is 0. The number of hydrogen-bond donors (Lipinski definition) is 0. The minimum absolute atomic E-state index is 0. The molecule has 1 saturated heterocycles. The van der Waals surface area contributed by atoms with E-state index in [-0.39, 0.29) is 30.7 Å². The number of rotatable bonds is 5. The van der Waals surface area contributed by atoms with Crippen LogP contribution in [0.25, 0.3) is 10.8 Å². The summed E-state index contributed by atoms with van der Waals surface area (Å²) in [4.78, 5) is 19.1. The van der Waals surface area contributed by atoms with Crippen molar-refractivity contribution in [2.24, 2.45) is 0 Å². The molecule has 0 unspecified atom stereocenters. The average Bonchev–Trinajstić information content (AvgIpc) is 3.12. The highest BCUT2D eigenvalue weighted by atomic mass is 35.5. The smallest absolute Gasteiger partial charge is 0.231 e. The summed E-state index contributed by atoms with van der Waals surface area (Å²) in [5, 5.41) is 2.64. The van der Waals surface area contributed by atoms with Gasteiger partial charge in [0.15, 0.2) is 0 Å². The molecule has 32 heavy (non-hydrogen) atoms. The van der Waals surface area contributed by atoms with Crippen molar-refractivity contribution in [1.29, 1.82) is 0 Å². The largest absolute Gasteiger partial charge is 0.368 e. The first-order valence-electron chi connectivity index (χ1n) is 10.8. The van der Waals surface area contributed by atoms with Gasteiger partial charge in [0.05, 0.1) is 6.42 Å². The van der Waals surface area contributed by atoms with Gasteiger partial charge in [0.1, 0.15) is 0 Å². The van der Waals surface area contributed by atoms with E-state index in [1.54, 1.807) is 0 Å². The van der Waals surface area contributed by atoms with Gasteiger partial charge in [-0.05, 0) is 23.1 Å². The Morgan fingerprint density at radius 2 is 1.38 bits per heavy atom. The lowest BCUT2D eigenvalue weighted by atomic mass is 10.1. The molecule has 1 amide bonds. The molecule has 0 aromatic heterocycles. The van der Waals surface area contributed by atoms with E-state index in [0.717, 1.165) is 44.0 Å². The Balaban J connectivity index is 0.00000144. The summed E-state index contributed by atoms with van der Waals surface area (Å²) in [5.41, 5.74) is 3.55. The van der Waals surface area contributed by atoms with E-state index in [2.05, 4.69) is 64.4 Å². The van der Waals surface area contributed by atoms with E-state index >= 15 is 0 Å². The molecule has 0 saturated carbocycles. The maximum absolute atomic E-state index is 12.3. The van der Waals surface area contributed by atoms with Crippen LogP contribution in [0.2, 0.25) is 0 Å². The highest BCUT2D eigenvalue weighted by Gasteiger charge is 2.25. The molecule has 1 fully saturated rings. The highest BCUT2D eigenvalue weighted by Crippen LogP contribution is 2.29. The van der Waals surface area contributed by atoms with E-state index < -0.39 is 0 Å². The fourth-order valence-corrected chi connectivity index (χ4v) is 4.58. The van der Waals surface area contributed by atoms with Crippen molar-refractivity contribution in [3.63, 3.8) is 0 Å². The van der Waals surface area contributed by atoms with Crippen LogP contribution in [0.1, 0.15) is 5.56 Å². The zero-order valence-electron chi connectivity index (χ0n) is 18.0. The Morgan fingerprint density at radius 1 is 0.719 bits per heavy atom. The number of hydrogen-bond acceptors (Lipinski definition) is 3. The molecule has 0 N–H and O–H groups in total. The van der Waals surface area contributed by atoms with Crippen LogP contribution in [0.15, 0.2) is 78.9 Å². The highest BCUT2D eigenvalue weighted by molar-refractivity contribution is 6.01. The molecule has 0 bridgehead atoms. The van der Waals surface area contributed by atoms with Crippen LogP contribution < -0.4 is 9.80 Å². The fraction of sp³-hybridized carbons (Fsp3) is 0.269. The molecule has 2 heterocycles. The lowest BCUT2D eigenvalue weighted by Crippen LogP contribution is -2.46. The molecule has 2 aliphatic heterocycles. The minimum atomic E-state index is 0. The van der Waals surface area contributed by atoms with Crippen molar-refractivity contribution in [3.05, 3.63) is 84.4 Å². The Hall–Kier alpha value is -2.53. The second kappa shape index (κ2) is 10.9. The molecule has 0 radical (unpaired) electrons. The third-order valence-electron chi connectivity index (χ3n) is 6.22. The number of halogens is 2. The Morgan fingerprint density at radius 3 is 2.22 bits per heavy atom. The summed E-state index contributed by atoms with van der Waals surface area (Å²) in [6, 6.07) is 23.3. The Labute approximate surface area is 202 Å². The van der Waals surface area contributed by atoms with E-state index in [9.17, 15) is 4.79 Å². The van der Waals surface area contributed by atoms with Crippen LogP contribution in [0, 0.1) is 0 Å². The van der Waals surface area contributed by atoms with Gasteiger partial charge in [0, 0.05) is 56.0 Å². The van der Waals surface area contributed by atoms with E-state index in [1.807, 2.05) is 29.2 Å². The zero-order chi connectivity index (χ0) is 20.3. The predicted molar refractivity (Wildman–Crippen MR) is 139 cm³/mol. The molecular formula is C26H29Cl2N3O. The average molecular weight is 470 g/mol. The maximum atomic E-state index is 12.3. The summed E-state index contributed by atoms with van der Waals surface area (Å²) in [5.74, 6) is 0.199. The van der Waals surface area contributed by atoms with Crippen molar-refractivity contribution >= 4 is 52.9 Å². The molecule has 0 atom stereocenters. The minimum Gasteiger partial charge on any atom is -0.368 e. The van der Waals surface area contributed by atoms with E-state index in [1.165, 1.54) is 16.5 Å². The number of carbonyl (C=O) groups is 1. The quantitative estimate of drug-likeness (QED) is 0.494. The fourth-order valence-electron chi connectivity index (χ4n) is 4.58. The summed E-state index contributed by atoms with van der Waals surface area (Å²) < 4.78 is 0. The molecule has 3 aromatic carbocycles. The molecule has 0 aliphatic carbocycles. The first-order valence-corrected chi connectivity index (χ1v) is 10.8. The first-order chi connectivity index (χ1) is 14.8. The molecule has 0 spiro atoms. The number of piperazine rings is 1. The second-order valence-corrected chi connectivity index (χ2v) is 8.07. The van der Waals surface area contributed by atoms with Crippen LogP contribution in [0.3, 0.4) is 0 Å².